The SMILES string of the molecule is CCCCCCCCCCCCCCCCCCCC(=O)OC[C@@H](COC(=O)CCCCCCCCCCCCCCCCC(C)CC)OC(=O)CCCCCCCCCCCCCC(C)C. The Morgan fingerprint density at radius 1 is 0.313 bits per heavy atom. The lowest BCUT2D eigenvalue weighted by molar-refractivity contribution is -0.167. The summed E-state index contributed by atoms with van der Waals surface area (Å²) in [6, 6.07) is 0. The number of hydrogen-bond donors (Lipinski definition) is 0. The van der Waals surface area contributed by atoms with E-state index in [1.54, 1.807) is 0 Å². The Bertz CT molecular complexity index is 1030. The van der Waals surface area contributed by atoms with Gasteiger partial charge in [-0.2, -0.15) is 0 Å². The molecule has 6 heteroatoms. The number of ether oxygens (including phenoxy) is 3. The maximum absolute atomic E-state index is 12.9. The molecule has 0 N–H and O–H groups in total. The first kappa shape index (κ1) is 65.4. The Morgan fingerprint density at radius 3 is 0.851 bits per heavy atom. The molecule has 0 aliphatic carbocycles. The molecule has 2 atom stereocenters. The molecule has 0 saturated carbocycles. The fourth-order valence-electron chi connectivity index (χ4n) is 9.37. The van der Waals surface area contributed by atoms with Gasteiger partial charge in [0.2, 0.25) is 0 Å². The van der Waals surface area contributed by atoms with Crippen LogP contribution in [0.3, 0.4) is 0 Å². The standard InChI is InChI=1S/C61H118O6/c1-6-8-9-10-11-12-13-14-15-16-17-21-26-31-36-41-46-51-59(62)65-54-58(67-61(64)53-48-43-38-33-28-23-24-29-34-39-44-49-56(3)4)55-66-60(63)52-47-42-37-32-27-22-19-18-20-25-30-35-40-45-50-57(5)7-2/h56-58H,6-55H2,1-5H3/t57?,58-/m0/s1. The summed E-state index contributed by atoms with van der Waals surface area (Å²) in [5.74, 6) is 0.884. The van der Waals surface area contributed by atoms with Gasteiger partial charge in [-0.15, -0.1) is 0 Å². The van der Waals surface area contributed by atoms with Crippen LogP contribution in [0.25, 0.3) is 0 Å². The highest BCUT2D eigenvalue weighted by atomic mass is 16.6. The van der Waals surface area contributed by atoms with Crippen LogP contribution in [0.2, 0.25) is 0 Å². The molecular weight excluding hydrogens is 829 g/mol. The second kappa shape index (κ2) is 53.8. The number of carbonyl (C=O) groups is 3. The molecule has 0 radical (unpaired) electrons. The smallest absolute Gasteiger partial charge is 0.306 e. The van der Waals surface area contributed by atoms with Crippen molar-refractivity contribution >= 4 is 17.9 Å². The van der Waals surface area contributed by atoms with E-state index in [4.69, 9.17) is 14.2 Å². The Labute approximate surface area is 418 Å². The van der Waals surface area contributed by atoms with E-state index in [1.165, 1.54) is 231 Å². The van der Waals surface area contributed by atoms with E-state index >= 15 is 0 Å². The fraction of sp³-hybridized carbons (Fsp3) is 0.951. The Morgan fingerprint density at radius 2 is 0.567 bits per heavy atom. The molecule has 0 amide bonds. The van der Waals surface area contributed by atoms with E-state index in [1.807, 2.05) is 0 Å². The summed E-state index contributed by atoms with van der Waals surface area (Å²) in [7, 11) is 0. The first-order valence-corrected chi connectivity index (χ1v) is 30.3. The summed E-state index contributed by atoms with van der Waals surface area (Å²) in [4.78, 5) is 38.2. The minimum absolute atomic E-state index is 0.0624. The Kier molecular flexibility index (Phi) is 52.5. The zero-order valence-corrected chi connectivity index (χ0v) is 46.0. The number of carbonyl (C=O) groups excluding carboxylic acids is 3. The van der Waals surface area contributed by atoms with Crippen LogP contribution in [-0.4, -0.2) is 37.2 Å². The normalized spacial score (nSPS) is 12.4. The van der Waals surface area contributed by atoms with Gasteiger partial charge >= 0.3 is 17.9 Å². The summed E-state index contributed by atoms with van der Waals surface area (Å²) >= 11 is 0. The van der Waals surface area contributed by atoms with Gasteiger partial charge in [-0.05, 0) is 31.1 Å². The lowest BCUT2D eigenvalue weighted by Gasteiger charge is -2.18. The van der Waals surface area contributed by atoms with E-state index < -0.39 is 6.10 Å². The van der Waals surface area contributed by atoms with Crippen molar-refractivity contribution < 1.29 is 28.6 Å². The van der Waals surface area contributed by atoms with Gasteiger partial charge in [0, 0.05) is 19.3 Å². The van der Waals surface area contributed by atoms with Crippen molar-refractivity contribution in [2.24, 2.45) is 11.8 Å². The summed E-state index contributed by atoms with van der Waals surface area (Å²) in [6.45, 7) is 11.5. The van der Waals surface area contributed by atoms with Crippen molar-refractivity contribution in [3.63, 3.8) is 0 Å². The minimum atomic E-state index is -0.763. The highest BCUT2D eigenvalue weighted by Gasteiger charge is 2.19. The average molecular weight is 948 g/mol. The Hall–Kier alpha value is -1.59. The molecule has 1 unspecified atom stereocenters. The molecule has 0 aliphatic heterocycles. The molecule has 0 rings (SSSR count). The lowest BCUT2D eigenvalue weighted by atomic mass is 9.99. The molecule has 0 aromatic heterocycles. The predicted octanol–water partition coefficient (Wildman–Crippen LogP) is 20.0. The number of unbranched alkanes of at least 4 members (excludes halogenated alkanes) is 39. The van der Waals surface area contributed by atoms with Crippen molar-refractivity contribution in [1.29, 1.82) is 0 Å². The summed E-state index contributed by atoms with van der Waals surface area (Å²) < 4.78 is 16.9. The van der Waals surface area contributed by atoms with Gasteiger partial charge in [0.15, 0.2) is 6.10 Å². The van der Waals surface area contributed by atoms with E-state index in [2.05, 4.69) is 34.6 Å². The van der Waals surface area contributed by atoms with Crippen LogP contribution >= 0.6 is 0 Å². The van der Waals surface area contributed by atoms with Crippen molar-refractivity contribution in [3.05, 3.63) is 0 Å². The maximum atomic E-state index is 12.9. The third-order valence-corrected chi connectivity index (χ3v) is 14.3. The first-order valence-electron chi connectivity index (χ1n) is 30.3. The third kappa shape index (κ3) is 53.6. The van der Waals surface area contributed by atoms with E-state index in [-0.39, 0.29) is 31.1 Å². The monoisotopic (exact) mass is 947 g/mol. The van der Waals surface area contributed by atoms with Crippen LogP contribution in [0, 0.1) is 11.8 Å². The van der Waals surface area contributed by atoms with Gasteiger partial charge < -0.3 is 14.2 Å². The molecule has 0 aromatic carbocycles. The van der Waals surface area contributed by atoms with Crippen LogP contribution in [0.1, 0.15) is 343 Å². The molecular formula is C61H118O6. The van der Waals surface area contributed by atoms with Gasteiger partial charge in [0.05, 0.1) is 0 Å². The quantitative estimate of drug-likeness (QED) is 0.0343. The van der Waals surface area contributed by atoms with Crippen LogP contribution in [-0.2, 0) is 28.6 Å². The molecule has 0 fully saturated rings. The van der Waals surface area contributed by atoms with Gasteiger partial charge in [0.25, 0.3) is 0 Å². The molecule has 0 spiro atoms. The number of hydrogen-bond acceptors (Lipinski definition) is 6. The van der Waals surface area contributed by atoms with Crippen molar-refractivity contribution in [2.45, 2.75) is 349 Å². The first-order chi connectivity index (χ1) is 32.8. The third-order valence-electron chi connectivity index (χ3n) is 14.3. The molecule has 398 valence electrons. The Balaban J connectivity index is 4.28. The topological polar surface area (TPSA) is 78.9 Å². The zero-order valence-electron chi connectivity index (χ0n) is 46.0. The molecule has 6 nitrogen and oxygen atoms in total. The van der Waals surface area contributed by atoms with Crippen molar-refractivity contribution in [2.75, 3.05) is 13.2 Å². The van der Waals surface area contributed by atoms with Crippen molar-refractivity contribution in [3.8, 4) is 0 Å². The van der Waals surface area contributed by atoms with Crippen LogP contribution < -0.4 is 0 Å². The van der Waals surface area contributed by atoms with Crippen LogP contribution in [0.15, 0.2) is 0 Å². The molecule has 0 saturated heterocycles. The lowest BCUT2D eigenvalue weighted by Crippen LogP contribution is -2.30. The number of esters is 3. The highest BCUT2D eigenvalue weighted by Crippen LogP contribution is 2.19. The molecule has 0 bridgehead atoms. The second-order valence-electron chi connectivity index (χ2n) is 21.7. The van der Waals surface area contributed by atoms with Crippen molar-refractivity contribution in [1.82, 2.24) is 0 Å². The van der Waals surface area contributed by atoms with E-state index in [0.717, 1.165) is 69.6 Å². The van der Waals surface area contributed by atoms with Gasteiger partial charge in [-0.25, -0.2) is 0 Å². The molecule has 0 aromatic rings. The summed E-state index contributed by atoms with van der Waals surface area (Å²) in [5.41, 5.74) is 0. The average Bonchev–Trinajstić information content (AvgIpc) is 3.31. The minimum Gasteiger partial charge on any atom is -0.462 e. The van der Waals surface area contributed by atoms with Gasteiger partial charge in [0.1, 0.15) is 13.2 Å². The summed E-state index contributed by atoms with van der Waals surface area (Å²) in [6.07, 6.45) is 58.0. The van der Waals surface area contributed by atoms with Gasteiger partial charge in [-0.1, -0.05) is 304 Å². The summed E-state index contributed by atoms with van der Waals surface area (Å²) in [5, 5.41) is 0. The zero-order chi connectivity index (χ0) is 48.9. The van der Waals surface area contributed by atoms with Gasteiger partial charge in [-0.3, -0.25) is 14.4 Å². The highest BCUT2D eigenvalue weighted by molar-refractivity contribution is 5.71. The molecule has 0 aliphatic rings. The van der Waals surface area contributed by atoms with E-state index in [9.17, 15) is 14.4 Å². The van der Waals surface area contributed by atoms with E-state index in [0.29, 0.717) is 19.3 Å². The largest absolute Gasteiger partial charge is 0.462 e. The van der Waals surface area contributed by atoms with Crippen LogP contribution in [0.4, 0.5) is 0 Å². The number of rotatable bonds is 55. The fourth-order valence-corrected chi connectivity index (χ4v) is 9.37. The maximum Gasteiger partial charge on any atom is 0.306 e. The predicted molar refractivity (Wildman–Crippen MR) is 289 cm³/mol. The molecule has 67 heavy (non-hydrogen) atoms. The molecule has 0 heterocycles. The van der Waals surface area contributed by atoms with Crippen LogP contribution in [0.5, 0.6) is 0 Å². The second-order valence-corrected chi connectivity index (χ2v) is 21.7.